The summed E-state index contributed by atoms with van der Waals surface area (Å²) in [7, 11) is 0. The molecule has 2 amide bonds. The number of carbonyl (C=O) groups is 2. The number of nitrogens with zero attached hydrogens (tertiary/aromatic N) is 1. The van der Waals surface area contributed by atoms with Crippen molar-refractivity contribution >= 4 is 12.0 Å². The maximum Gasteiger partial charge on any atom is 0.326 e. The Kier molecular flexibility index (Phi) is 10.7. The first kappa shape index (κ1) is 19.7. The molecule has 0 aliphatic rings. The third kappa shape index (κ3) is 9.28. The molecule has 0 spiro atoms. The summed E-state index contributed by atoms with van der Waals surface area (Å²) in [6.45, 7) is 11.2. The molecule has 0 heterocycles. The molecule has 0 rings (SSSR count). The molecule has 0 bridgehead atoms. The van der Waals surface area contributed by atoms with Crippen LogP contribution in [-0.2, 0) is 4.79 Å². The highest BCUT2D eigenvalue weighted by Gasteiger charge is 2.19. The van der Waals surface area contributed by atoms with Gasteiger partial charge in [0.15, 0.2) is 0 Å². The van der Waals surface area contributed by atoms with Crippen LogP contribution in [0.5, 0.6) is 0 Å². The van der Waals surface area contributed by atoms with Gasteiger partial charge in [0.05, 0.1) is 0 Å². The highest BCUT2D eigenvalue weighted by atomic mass is 16.4. The van der Waals surface area contributed by atoms with Crippen molar-refractivity contribution in [2.24, 2.45) is 0 Å². The van der Waals surface area contributed by atoms with Crippen LogP contribution < -0.4 is 10.6 Å². The van der Waals surface area contributed by atoms with Crippen molar-refractivity contribution in [3.05, 3.63) is 0 Å². The molecule has 21 heavy (non-hydrogen) atoms. The molecule has 2 atom stereocenters. The summed E-state index contributed by atoms with van der Waals surface area (Å²) in [5, 5.41) is 14.3. The quantitative estimate of drug-likeness (QED) is 0.545. The van der Waals surface area contributed by atoms with Gasteiger partial charge in [-0.05, 0) is 45.8 Å². The smallest absolute Gasteiger partial charge is 0.326 e. The second kappa shape index (κ2) is 11.4. The summed E-state index contributed by atoms with van der Waals surface area (Å²) in [6, 6.07) is -1.17. The van der Waals surface area contributed by atoms with Gasteiger partial charge in [-0.2, -0.15) is 0 Å². The Hall–Kier alpha value is -1.30. The van der Waals surface area contributed by atoms with Crippen molar-refractivity contribution < 1.29 is 14.7 Å². The van der Waals surface area contributed by atoms with Crippen LogP contribution in [0, 0.1) is 0 Å². The molecule has 0 aromatic heterocycles. The number of amides is 2. The Balaban J connectivity index is 4.00. The van der Waals surface area contributed by atoms with Crippen LogP contribution >= 0.6 is 0 Å². The molecule has 0 saturated carbocycles. The SMILES string of the molecule is CCC[C@@H](NC(=O)NC(C)CCCN(CC)CC)C(=O)O. The number of urea groups is 1. The molecule has 6 nitrogen and oxygen atoms in total. The summed E-state index contributed by atoms with van der Waals surface area (Å²) in [6.07, 6.45) is 3.06. The molecule has 0 saturated heterocycles. The second-order valence-corrected chi connectivity index (χ2v) is 5.37. The van der Waals surface area contributed by atoms with Crippen molar-refractivity contribution in [2.75, 3.05) is 19.6 Å². The van der Waals surface area contributed by atoms with Gasteiger partial charge < -0.3 is 20.6 Å². The van der Waals surface area contributed by atoms with Crippen LogP contribution in [0.25, 0.3) is 0 Å². The van der Waals surface area contributed by atoms with Crippen molar-refractivity contribution in [3.63, 3.8) is 0 Å². The molecule has 6 heteroatoms. The van der Waals surface area contributed by atoms with Crippen LogP contribution in [0.4, 0.5) is 4.79 Å². The largest absolute Gasteiger partial charge is 0.480 e. The third-order valence-electron chi connectivity index (χ3n) is 3.56. The highest BCUT2D eigenvalue weighted by Crippen LogP contribution is 2.01. The summed E-state index contributed by atoms with van der Waals surface area (Å²) < 4.78 is 0. The number of nitrogens with one attached hydrogen (secondary N) is 2. The standard InChI is InChI=1S/C15H31N3O3/c1-5-9-13(14(19)20)17-15(21)16-12(4)10-8-11-18(6-2)7-3/h12-13H,5-11H2,1-4H3,(H,19,20)(H2,16,17,21)/t12?,13-/m1/s1. The monoisotopic (exact) mass is 301 g/mol. The average Bonchev–Trinajstić information content (AvgIpc) is 2.43. The van der Waals surface area contributed by atoms with Gasteiger partial charge in [0.25, 0.3) is 0 Å². The first-order valence-corrected chi connectivity index (χ1v) is 7.96. The van der Waals surface area contributed by atoms with E-state index < -0.39 is 18.0 Å². The van der Waals surface area contributed by atoms with Gasteiger partial charge >= 0.3 is 12.0 Å². The molecule has 0 aliphatic carbocycles. The first-order valence-electron chi connectivity index (χ1n) is 7.96. The molecule has 0 aromatic carbocycles. The first-order chi connectivity index (χ1) is 9.94. The normalized spacial score (nSPS) is 13.8. The minimum absolute atomic E-state index is 0.0385. The van der Waals surface area contributed by atoms with Gasteiger partial charge in [-0.1, -0.05) is 27.2 Å². The van der Waals surface area contributed by atoms with E-state index in [1.807, 2.05) is 13.8 Å². The predicted octanol–water partition coefficient (Wildman–Crippen LogP) is 2.05. The maximum absolute atomic E-state index is 11.8. The maximum atomic E-state index is 11.8. The van der Waals surface area contributed by atoms with Gasteiger partial charge in [0.2, 0.25) is 0 Å². The summed E-state index contributed by atoms with van der Waals surface area (Å²) >= 11 is 0. The predicted molar refractivity (Wildman–Crippen MR) is 84.5 cm³/mol. The Bertz CT molecular complexity index is 307. The summed E-state index contributed by atoms with van der Waals surface area (Å²) in [5.74, 6) is -0.985. The van der Waals surface area contributed by atoms with Crippen molar-refractivity contribution in [1.29, 1.82) is 0 Å². The molecule has 124 valence electrons. The fraction of sp³-hybridized carbons (Fsp3) is 0.867. The topological polar surface area (TPSA) is 81.7 Å². The zero-order chi connectivity index (χ0) is 16.3. The molecule has 0 aliphatic heterocycles. The van der Waals surface area contributed by atoms with Gasteiger partial charge in [-0.15, -0.1) is 0 Å². The summed E-state index contributed by atoms with van der Waals surface area (Å²) in [4.78, 5) is 25.1. The Morgan fingerprint density at radius 1 is 1.10 bits per heavy atom. The lowest BCUT2D eigenvalue weighted by atomic mass is 10.1. The Labute approximate surface area is 128 Å². The summed E-state index contributed by atoms with van der Waals surface area (Å²) in [5.41, 5.74) is 0. The number of rotatable bonds is 11. The lowest BCUT2D eigenvalue weighted by Crippen LogP contribution is -2.48. The Morgan fingerprint density at radius 2 is 1.71 bits per heavy atom. The van der Waals surface area contributed by atoms with E-state index in [2.05, 4.69) is 29.4 Å². The van der Waals surface area contributed by atoms with E-state index in [1.54, 1.807) is 0 Å². The molecular formula is C15H31N3O3. The number of carboxylic acid groups (broad SMARTS) is 1. The van der Waals surface area contributed by atoms with Gasteiger partial charge in [-0.3, -0.25) is 0 Å². The Morgan fingerprint density at radius 3 is 2.19 bits per heavy atom. The fourth-order valence-electron chi connectivity index (χ4n) is 2.20. The van der Waals surface area contributed by atoms with E-state index in [-0.39, 0.29) is 6.04 Å². The molecular weight excluding hydrogens is 270 g/mol. The van der Waals surface area contributed by atoms with Crippen LogP contribution in [-0.4, -0.2) is 53.7 Å². The van der Waals surface area contributed by atoms with E-state index in [9.17, 15) is 9.59 Å². The number of aliphatic carboxylic acids is 1. The zero-order valence-corrected chi connectivity index (χ0v) is 13.8. The highest BCUT2D eigenvalue weighted by molar-refractivity contribution is 5.82. The molecule has 3 N–H and O–H groups in total. The van der Waals surface area contributed by atoms with E-state index in [4.69, 9.17) is 5.11 Å². The van der Waals surface area contributed by atoms with Crippen molar-refractivity contribution in [3.8, 4) is 0 Å². The van der Waals surface area contributed by atoms with Crippen LogP contribution in [0.3, 0.4) is 0 Å². The lowest BCUT2D eigenvalue weighted by Gasteiger charge is -2.20. The molecule has 0 fully saturated rings. The number of carboxylic acids is 1. The second-order valence-electron chi connectivity index (χ2n) is 5.37. The van der Waals surface area contributed by atoms with Gasteiger partial charge in [-0.25, -0.2) is 9.59 Å². The molecule has 0 aromatic rings. The van der Waals surface area contributed by atoms with Crippen molar-refractivity contribution in [1.82, 2.24) is 15.5 Å². The van der Waals surface area contributed by atoms with Crippen LogP contribution in [0.2, 0.25) is 0 Å². The minimum atomic E-state index is -0.985. The minimum Gasteiger partial charge on any atom is -0.480 e. The van der Waals surface area contributed by atoms with E-state index in [0.29, 0.717) is 6.42 Å². The number of hydrogen-bond donors (Lipinski definition) is 3. The number of carbonyl (C=O) groups excluding carboxylic acids is 1. The van der Waals surface area contributed by atoms with E-state index in [1.165, 1.54) is 0 Å². The van der Waals surface area contributed by atoms with Crippen LogP contribution in [0.1, 0.15) is 53.4 Å². The van der Waals surface area contributed by atoms with Gasteiger partial charge in [0.1, 0.15) is 6.04 Å². The fourth-order valence-corrected chi connectivity index (χ4v) is 2.20. The molecule has 0 radical (unpaired) electrons. The van der Waals surface area contributed by atoms with E-state index >= 15 is 0 Å². The lowest BCUT2D eigenvalue weighted by molar-refractivity contribution is -0.139. The number of hydrogen-bond acceptors (Lipinski definition) is 3. The van der Waals surface area contributed by atoms with Gasteiger partial charge in [0, 0.05) is 6.04 Å². The van der Waals surface area contributed by atoms with Crippen LogP contribution in [0.15, 0.2) is 0 Å². The van der Waals surface area contributed by atoms with Crippen molar-refractivity contribution in [2.45, 2.75) is 65.5 Å². The third-order valence-corrected chi connectivity index (χ3v) is 3.56. The molecule has 1 unspecified atom stereocenters. The zero-order valence-electron chi connectivity index (χ0n) is 13.8. The average molecular weight is 301 g/mol. The van der Waals surface area contributed by atoms with E-state index in [0.717, 1.165) is 38.9 Å².